The molecule has 1 saturated heterocycles. The summed E-state index contributed by atoms with van der Waals surface area (Å²) in [5.41, 5.74) is -0.977. The van der Waals surface area contributed by atoms with E-state index in [1.54, 1.807) is 9.80 Å². The monoisotopic (exact) mass is 455 g/mol. The van der Waals surface area contributed by atoms with Crippen LogP contribution in [0, 0.1) is 23.0 Å². The minimum Gasteiger partial charge on any atom is -0.507 e. The van der Waals surface area contributed by atoms with E-state index in [0.29, 0.717) is 26.2 Å². The number of phenolic OH excluding ortho intramolecular Hbond substituents is 1. The van der Waals surface area contributed by atoms with E-state index in [9.17, 15) is 19.6 Å². The summed E-state index contributed by atoms with van der Waals surface area (Å²) in [5.74, 6) is -2.51. The normalized spacial score (nSPS) is 13.8. The van der Waals surface area contributed by atoms with Crippen molar-refractivity contribution in [2.75, 3.05) is 31.1 Å². The standard InChI is InChI=1S/C22H16ClF2N5O2/c1-2-17(32)29-6-8-30(9-7-29)22-12-10-13(23)18(19-14(24)4-3-5-15(19)31)20(25)21(12)27-16(11-26)28-22/h2-5,10,31H,1,6-9H2. The third-order valence-corrected chi connectivity index (χ3v) is 5.57. The molecule has 0 spiro atoms. The Kier molecular flexibility index (Phi) is 5.63. The molecule has 1 N–H and O–H groups in total. The molecule has 4 rings (SSSR count). The lowest BCUT2D eigenvalue weighted by Gasteiger charge is -2.35. The average Bonchev–Trinajstić information content (AvgIpc) is 2.80. The van der Waals surface area contributed by atoms with E-state index in [4.69, 9.17) is 11.6 Å². The number of piperazine rings is 1. The number of hydrogen-bond donors (Lipinski definition) is 1. The largest absolute Gasteiger partial charge is 0.507 e. The van der Waals surface area contributed by atoms with Gasteiger partial charge in [0.2, 0.25) is 11.7 Å². The molecule has 3 aromatic rings. The van der Waals surface area contributed by atoms with Crippen LogP contribution in [0.25, 0.3) is 22.0 Å². The van der Waals surface area contributed by atoms with Gasteiger partial charge in [-0.25, -0.2) is 18.7 Å². The molecule has 0 bridgehead atoms. The topological polar surface area (TPSA) is 93.4 Å². The summed E-state index contributed by atoms with van der Waals surface area (Å²) < 4.78 is 30.0. The van der Waals surface area contributed by atoms with Crippen LogP contribution in [0.15, 0.2) is 36.9 Å². The highest BCUT2D eigenvalue weighted by atomic mass is 35.5. The van der Waals surface area contributed by atoms with Gasteiger partial charge in [0.25, 0.3) is 0 Å². The van der Waals surface area contributed by atoms with Gasteiger partial charge in [0, 0.05) is 37.1 Å². The number of rotatable bonds is 3. The van der Waals surface area contributed by atoms with Crippen molar-refractivity contribution in [1.82, 2.24) is 14.9 Å². The number of aromatic hydroxyl groups is 1. The van der Waals surface area contributed by atoms with Gasteiger partial charge >= 0.3 is 0 Å². The van der Waals surface area contributed by atoms with Crippen LogP contribution >= 0.6 is 11.6 Å². The summed E-state index contributed by atoms with van der Waals surface area (Å²) in [6, 6.07) is 6.77. The Morgan fingerprint density at radius 2 is 1.94 bits per heavy atom. The van der Waals surface area contributed by atoms with E-state index in [1.165, 1.54) is 24.3 Å². The Balaban J connectivity index is 1.87. The van der Waals surface area contributed by atoms with E-state index in [2.05, 4.69) is 16.5 Å². The number of fused-ring (bicyclic) bond motifs is 1. The van der Waals surface area contributed by atoms with E-state index < -0.39 is 22.9 Å². The second-order valence-electron chi connectivity index (χ2n) is 7.08. The van der Waals surface area contributed by atoms with Crippen molar-refractivity contribution in [3.8, 4) is 22.9 Å². The molecule has 1 aliphatic heterocycles. The Hall–Kier alpha value is -3.77. The number of carbonyl (C=O) groups excluding carboxylic acids is 1. The molecule has 1 amide bonds. The van der Waals surface area contributed by atoms with Gasteiger partial charge in [-0.05, 0) is 24.3 Å². The molecular formula is C22H16ClF2N5O2. The van der Waals surface area contributed by atoms with Crippen molar-refractivity contribution in [3.63, 3.8) is 0 Å². The second kappa shape index (κ2) is 8.40. The zero-order chi connectivity index (χ0) is 23.0. The lowest BCUT2D eigenvalue weighted by Crippen LogP contribution is -2.48. The number of hydrogen-bond acceptors (Lipinski definition) is 6. The zero-order valence-corrected chi connectivity index (χ0v) is 17.4. The number of benzene rings is 2. The Morgan fingerprint density at radius 3 is 2.56 bits per heavy atom. The van der Waals surface area contributed by atoms with Crippen LogP contribution in [0.5, 0.6) is 5.75 Å². The Bertz CT molecular complexity index is 1280. The first-order valence-electron chi connectivity index (χ1n) is 9.59. The highest BCUT2D eigenvalue weighted by Crippen LogP contribution is 2.42. The van der Waals surface area contributed by atoms with Crippen LogP contribution in [0.1, 0.15) is 5.82 Å². The first-order valence-corrected chi connectivity index (χ1v) is 9.97. The van der Waals surface area contributed by atoms with Gasteiger partial charge < -0.3 is 14.9 Å². The van der Waals surface area contributed by atoms with Crippen LogP contribution in [0.4, 0.5) is 14.6 Å². The molecule has 1 aliphatic rings. The Morgan fingerprint density at radius 1 is 1.22 bits per heavy atom. The average molecular weight is 456 g/mol. The molecule has 162 valence electrons. The maximum Gasteiger partial charge on any atom is 0.246 e. The van der Waals surface area contributed by atoms with Crippen LogP contribution in [0.3, 0.4) is 0 Å². The van der Waals surface area contributed by atoms with Gasteiger partial charge in [0.15, 0.2) is 5.82 Å². The summed E-state index contributed by atoms with van der Waals surface area (Å²) in [4.78, 5) is 23.5. The van der Waals surface area contributed by atoms with Crippen LogP contribution in [0.2, 0.25) is 5.02 Å². The van der Waals surface area contributed by atoms with Gasteiger partial charge in [-0.2, -0.15) is 5.26 Å². The van der Waals surface area contributed by atoms with Crippen LogP contribution in [-0.2, 0) is 4.79 Å². The van der Waals surface area contributed by atoms with Gasteiger partial charge in [-0.3, -0.25) is 4.79 Å². The number of anilines is 1. The van der Waals surface area contributed by atoms with Crippen LogP contribution < -0.4 is 4.90 Å². The third-order valence-electron chi connectivity index (χ3n) is 5.27. The molecule has 1 fully saturated rings. The van der Waals surface area contributed by atoms with Gasteiger partial charge in [0.05, 0.1) is 10.6 Å². The van der Waals surface area contributed by atoms with Crippen LogP contribution in [-0.4, -0.2) is 52.1 Å². The van der Waals surface area contributed by atoms with Crippen molar-refractivity contribution < 1.29 is 18.7 Å². The van der Waals surface area contributed by atoms with E-state index >= 15 is 4.39 Å². The molecule has 0 radical (unpaired) electrons. The number of nitrogens with zero attached hydrogens (tertiary/aromatic N) is 5. The minimum atomic E-state index is -0.978. The third kappa shape index (κ3) is 3.59. The van der Waals surface area contributed by atoms with Crippen molar-refractivity contribution in [3.05, 3.63) is 59.4 Å². The lowest BCUT2D eigenvalue weighted by molar-refractivity contribution is -0.126. The lowest BCUT2D eigenvalue weighted by atomic mass is 10.0. The number of amides is 1. The van der Waals surface area contributed by atoms with Gasteiger partial charge in [-0.1, -0.05) is 24.2 Å². The fraction of sp³-hybridized carbons (Fsp3) is 0.182. The molecule has 7 nitrogen and oxygen atoms in total. The molecule has 32 heavy (non-hydrogen) atoms. The molecule has 1 aromatic heterocycles. The maximum absolute atomic E-state index is 15.6. The van der Waals surface area contributed by atoms with Gasteiger partial charge in [0.1, 0.15) is 29.0 Å². The van der Waals surface area contributed by atoms with Gasteiger partial charge in [-0.15, -0.1) is 0 Å². The van der Waals surface area contributed by atoms with Crippen molar-refractivity contribution in [2.24, 2.45) is 0 Å². The summed E-state index contributed by atoms with van der Waals surface area (Å²) in [7, 11) is 0. The summed E-state index contributed by atoms with van der Waals surface area (Å²) in [6.45, 7) is 5.01. The number of halogens is 3. The number of aromatic nitrogens is 2. The SMILES string of the molecule is C=CC(=O)N1CCN(c2nc(C#N)nc3c(F)c(-c4c(O)cccc4F)c(Cl)cc23)CC1. The zero-order valence-electron chi connectivity index (χ0n) is 16.6. The summed E-state index contributed by atoms with van der Waals surface area (Å²) in [5, 5.41) is 19.6. The molecule has 0 unspecified atom stereocenters. The van der Waals surface area contributed by atoms with E-state index in [1.807, 2.05) is 6.07 Å². The highest BCUT2D eigenvalue weighted by Gasteiger charge is 2.27. The molecular weight excluding hydrogens is 440 g/mol. The molecule has 0 atom stereocenters. The quantitative estimate of drug-likeness (QED) is 0.606. The Labute approximate surface area is 186 Å². The minimum absolute atomic E-state index is 0.148. The van der Waals surface area contributed by atoms with E-state index in [0.717, 1.165) is 6.07 Å². The predicted molar refractivity (Wildman–Crippen MR) is 115 cm³/mol. The predicted octanol–water partition coefficient (Wildman–Crippen LogP) is 3.64. The first kappa shape index (κ1) is 21.5. The fourth-order valence-corrected chi connectivity index (χ4v) is 4.01. The number of carbonyl (C=O) groups is 1. The van der Waals surface area contributed by atoms with E-state index in [-0.39, 0.29) is 39.0 Å². The summed E-state index contributed by atoms with van der Waals surface area (Å²) >= 11 is 6.33. The maximum atomic E-state index is 15.6. The first-order chi connectivity index (χ1) is 15.3. The smallest absolute Gasteiger partial charge is 0.246 e. The summed E-state index contributed by atoms with van der Waals surface area (Å²) in [6.07, 6.45) is 1.23. The molecule has 2 heterocycles. The number of phenols is 1. The fourth-order valence-electron chi connectivity index (χ4n) is 3.73. The molecule has 2 aromatic carbocycles. The van der Waals surface area contributed by atoms with Crippen molar-refractivity contribution in [1.29, 1.82) is 5.26 Å². The molecule has 0 aliphatic carbocycles. The highest BCUT2D eigenvalue weighted by molar-refractivity contribution is 6.34. The van der Waals surface area contributed by atoms with Crippen molar-refractivity contribution in [2.45, 2.75) is 0 Å². The molecule has 0 saturated carbocycles. The molecule has 10 heteroatoms. The second-order valence-corrected chi connectivity index (χ2v) is 7.48. The number of nitriles is 1. The van der Waals surface area contributed by atoms with Crippen molar-refractivity contribution >= 4 is 34.2 Å².